The van der Waals surface area contributed by atoms with E-state index in [2.05, 4.69) is 15.2 Å². The lowest BCUT2D eigenvalue weighted by atomic mass is 10.2. The van der Waals surface area contributed by atoms with Gasteiger partial charge in [0, 0.05) is 24.5 Å². The molecule has 1 aromatic heterocycles. The van der Waals surface area contributed by atoms with Crippen molar-refractivity contribution >= 4 is 11.6 Å². The van der Waals surface area contributed by atoms with E-state index in [4.69, 9.17) is 4.74 Å². The molecule has 0 spiro atoms. The zero-order valence-corrected chi connectivity index (χ0v) is 12.3. The fourth-order valence-corrected chi connectivity index (χ4v) is 1.81. The minimum absolute atomic E-state index is 0.0929. The summed E-state index contributed by atoms with van der Waals surface area (Å²) in [6.07, 6.45) is 0. The van der Waals surface area contributed by atoms with E-state index in [0.717, 1.165) is 5.69 Å². The van der Waals surface area contributed by atoms with Crippen LogP contribution in [-0.4, -0.2) is 29.4 Å². The van der Waals surface area contributed by atoms with Crippen molar-refractivity contribution in [3.63, 3.8) is 0 Å². The van der Waals surface area contributed by atoms with E-state index in [1.807, 2.05) is 6.92 Å². The first-order chi connectivity index (χ1) is 10.4. The van der Waals surface area contributed by atoms with Gasteiger partial charge in [-0.15, -0.1) is 0 Å². The quantitative estimate of drug-likeness (QED) is 0.922. The van der Waals surface area contributed by atoms with E-state index in [9.17, 15) is 13.6 Å². The highest BCUT2D eigenvalue weighted by Gasteiger charge is 2.14. The lowest BCUT2D eigenvalue weighted by Crippen LogP contribution is -2.13. The number of hydrogen-bond acceptors (Lipinski definition) is 4. The number of anilines is 1. The SMILES string of the molecule is COc1cc(NC(=O)c2cc(C)n(C)n2)ccc1OC(F)F. The lowest BCUT2D eigenvalue weighted by molar-refractivity contribution is -0.0512. The molecule has 0 fully saturated rings. The molecule has 118 valence electrons. The number of aromatic nitrogens is 2. The Bertz CT molecular complexity index is 666. The molecule has 0 atom stereocenters. The van der Waals surface area contributed by atoms with Crippen molar-refractivity contribution in [2.75, 3.05) is 12.4 Å². The molecule has 0 bridgehead atoms. The van der Waals surface area contributed by atoms with Gasteiger partial charge in [-0.25, -0.2) is 0 Å². The number of nitrogens with zero attached hydrogens (tertiary/aromatic N) is 2. The number of ether oxygens (including phenoxy) is 2. The van der Waals surface area contributed by atoms with Gasteiger partial charge >= 0.3 is 6.61 Å². The fraction of sp³-hybridized carbons (Fsp3) is 0.286. The Kier molecular flexibility index (Phi) is 4.59. The first kappa shape index (κ1) is 15.7. The molecular formula is C14H15F2N3O3. The highest BCUT2D eigenvalue weighted by Crippen LogP contribution is 2.31. The number of amides is 1. The molecule has 0 saturated heterocycles. The first-order valence-electron chi connectivity index (χ1n) is 6.35. The summed E-state index contributed by atoms with van der Waals surface area (Å²) in [4.78, 5) is 12.1. The molecule has 2 rings (SSSR count). The molecule has 1 N–H and O–H groups in total. The average molecular weight is 311 g/mol. The van der Waals surface area contributed by atoms with Gasteiger partial charge in [0.2, 0.25) is 0 Å². The summed E-state index contributed by atoms with van der Waals surface area (Å²) in [5.74, 6) is -0.423. The third kappa shape index (κ3) is 3.51. The molecule has 0 radical (unpaired) electrons. The smallest absolute Gasteiger partial charge is 0.387 e. The fourth-order valence-electron chi connectivity index (χ4n) is 1.81. The van der Waals surface area contributed by atoms with Crippen LogP contribution in [-0.2, 0) is 7.05 Å². The van der Waals surface area contributed by atoms with Gasteiger partial charge in [-0.3, -0.25) is 9.48 Å². The van der Waals surface area contributed by atoms with Gasteiger partial charge in [-0.2, -0.15) is 13.9 Å². The van der Waals surface area contributed by atoms with E-state index in [1.165, 1.54) is 25.3 Å². The Balaban J connectivity index is 2.17. The first-order valence-corrected chi connectivity index (χ1v) is 6.35. The topological polar surface area (TPSA) is 65.4 Å². The van der Waals surface area contributed by atoms with Gasteiger partial charge in [0.1, 0.15) is 0 Å². The van der Waals surface area contributed by atoms with Crippen molar-refractivity contribution < 1.29 is 23.0 Å². The van der Waals surface area contributed by atoms with E-state index >= 15 is 0 Å². The van der Waals surface area contributed by atoms with Crippen LogP contribution in [0.2, 0.25) is 0 Å². The molecule has 0 saturated carbocycles. The molecular weight excluding hydrogens is 296 g/mol. The van der Waals surface area contributed by atoms with E-state index in [0.29, 0.717) is 5.69 Å². The number of nitrogens with one attached hydrogen (secondary N) is 1. The van der Waals surface area contributed by atoms with Crippen LogP contribution in [0, 0.1) is 6.92 Å². The highest BCUT2D eigenvalue weighted by atomic mass is 19.3. The Hall–Kier alpha value is -2.64. The number of rotatable bonds is 5. The molecule has 8 heteroatoms. The molecule has 2 aromatic rings. The second-order valence-electron chi connectivity index (χ2n) is 4.49. The second-order valence-corrected chi connectivity index (χ2v) is 4.49. The third-order valence-electron chi connectivity index (χ3n) is 2.98. The molecule has 0 unspecified atom stereocenters. The summed E-state index contributed by atoms with van der Waals surface area (Å²) >= 11 is 0. The largest absolute Gasteiger partial charge is 0.493 e. The Morgan fingerprint density at radius 2 is 2.05 bits per heavy atom. The van der Waals surface area contributed by atoms with Gasteiger partial charge in [0.25, 0.3) is 5.91 Å². The summed E-state index contributed by atoms with van der Waals surface area (Å²) < 4.78 is 35.4. The van der Waals surface area contributed by atoms with E-state index in [1.54, 1.807) is 17.8 Å². The molecule has 0 aliphatic carbocycles. The normalized spacial score (nSPS) is 10.6. The van der Waals surface area contributed by atoms with Crippen molar-refractivity contribution in [2.24, 2.45) is 7.05 Å². The zero-order valence-electron chi connectivity index (χ0n) is 12.3. The van der Waals surface area contributed by atoms with Crippen LogP contribution < -0.4 is 14.8 Å². The Morgan fingerprint density at radius 1 is 1.32 bits per heavy atom. The summed E-state index contributed by atoms with van der Waals surface area (Å²) in [6.45, 7) is -1.13. The molecule has 0 aliphatic rings. The van der Waals surface area contributed by atoms with Crippen LogP contribution >= 0.6 is 0 Å². The minimum atomic E-state index is -2.95. The maximum Gasteiger partial charge on any atom is 0.387 e. The van der Waals surface area contributed by atoms with Crippen LogP contribution in [0.5, 0.6) is 11.5 Å². The number of halogens is 2. The van der Waals surface area contributed by atoms with Gasteiger partial charge in [0.15, 0.2) is 17.2 Å². The standard InChI is InChI=1S/C14H15F2N3O3/c1-8-6-10(18-19(8)2)13(20)17-9-4-5-11(22-14(15)16)12(7-9)21-3/h4-7,14H,1-3H3,(H,17,20). The van der Waals surface area contributed by atoms with Crippen LogP contribution in [0.3, 0.4) is 0 Å². The maximum absolute atomic E-state index is 12.3. The lowest BCUT2D eigenvalue weighted by Gasteiger charge is -2.11. The molecule has 1 aromatic carbocycles. The molecule has 6 nitrogen and oxygen atoms in total. The number of aryl methyl sites for hydroxylation is 2. The van der Waals surface area contributed by atoms with E-state index in [-0.39, 0.29) is 17.2 Å². The summed E-state index contributed by atoms with van der Waals surface area (Å²) in [5.41, 5.74) is 1.47. The van der Waals surface area contributed by atoms with Gasteiger partial charge in [-0.05, 0) is 25.1 Å². The molecule has 0 aliphatic heterocycles. The molecule has 1 amide bonds. The van der Waals surface area contributed by atoms with Crippen LogP contribution in [0.1, 0.15) is 16.2 Å². The summed E-state index contributed by atoms with van der Waals surface area (Å²) in [6, 6.07) is 5.77. The number of carbonyl (C=O) groups excluding carboxylic acids is 1. The van der Waals surface area contributed by atoms with Crippen molar-refractivity contribution in [1.82, 2.24) is 9.78 Å². The van der Waals surface area contributed by atoms with Crippen molar-refractivity contribution in [3.05, 3.63) is 35.7 Å². The number of alkyl halides is 2. The maximum atomic E-state index is 12.3. The monoisotopic (exact) mass is 311 g/mol. The predicted octanol–water partition coefficient (Wildman–Crippen LogP) is 2.59. The summed E-state index contributed by atoms with van der Waals surface area (Å²) in [7, 11) is 3.05. The second kappa shape index (κ2) is 6.42. The van der Waals surface area contributed by atoms with Crippen LogP contribution in [0.4, 0.5) is 14.5 Å². The predicted molar refractivity (Wildman–Crippen MR) is 75.5 cm³/mol. The minimum Gasteiger partial charge on any atom is -0.493 e. The zero-order chi connectivity index (χ0) is 16.3. The van der Waals surface area contributed by atoms with E-state index < -0.39 is 12.5 Å². The third-order valence-corrected chi connectivity index (χ3v) is 2.98. The van der Waals surface area contributed by atoms with Crippen molar-refractivity contribution in [2.45, 2.75) is 13.5 Å². The van der Waals surface area contributed by atoms with Gasteiger partial charge in [-0.1, -0.05) is 0 Å². The van der Waals surface area contributed by atoms with Crippen molar-refractivity contribution in [3.8, 4) is 11.5 Å². The Morgan fingerprint density at radius 3 is 2.59 bits per heavy atom. The average Bonchev–Trinajstić information content (AvgIpc) is 2.80. The number of carbonyl (C=O) groups is 1. The van der Waals surface area contributed by atoms with Gasteiger partial charge in [0.05, 0.1) is 7.11 Å². The number of methoxy groups -OCH3 is 1. The van der Waals surface area contributed by atoms with Crippen LogP contribution in [0.15, 0.2) is 24.3 Å². The summed E-state index contributed by atoms with van der Waals surface area (Å²) in [5, 5.41) is 6.67. The highest BCUT2D eigenvalue weighted by molar-refractivity contribution is 6.03. The van der Waals surface area contributed by atoms with Crippen LogP contribution in [0.25, 0.3) is 0 Å². The van der Waals surface area contributed by atoms with Crippen molar-refractivity contribution in [1.29, 1.82) is 0 Å². The molecule has 22 heavy (non-hydrogen) atoms. The number of benzene rings is 1. The number of hydrogen-bond donors (Lipinski definition) is 1. The molecule has 1 heterocycles. The Labute approximate surface area is 125 Å². The van der Waals surface area contributed by atoms with Gasteiger partial charge < -0.3 is 14.8 Å².